The summed E-state index contributed by atoms with van der Waals surface area (Å²) in [4.78, 5) is 0. The molecule has 1 aromatic heterocycles. The summed E-state index contributed by atoms with van der Waals surface area (Å²) in [6.07, 6.45) is 5.31. The van der Waals surface area contributed by atoms with Gasteiger partial charge in [0.05, 0.1) is 22.9 Å². The lowest BCUT2D eigenvalue weighted by Crippen LogP contribution is -2.17. The molecule has 3 rings (SSSR count). The summed E-state index contributed by atoms with van der Waals surface area (Å²) >= 11 is 12.1. The Labute approximate surface area is 122 Å². The summed E-state index contributed by atoms with van der Waals surface area (Å²) in [7, 11) is 2.00. The fourth-order valence-corrected chi connectivity index (χ4v) is 3.11. The highest BCUT2D eigenvalue weighted by molar-refractivity contribution is 6.36. The zero-order valence-electron chi connectivity index (χ0n) is 10.7. The second-order valence-electron chi connectivity index (χ2n) is 4.88. The minimum absolute atomic E-state index is 0.274. The fraction of sp³-hybridized carbons (Fsp3) is 0.357. The molecule has 3 nitrogen and oxygen atoms in total. The normalized spacial score (nSPS) is 18.2. The van der Waals surface area contributed by atoms with Crippen molar-refractivity contribution in [1.29, 1.82) is 0 Å². The van der Waals surface area contributed by atoms with Gasteiger partial charge in [-0.3, -0.25) is 4.68 Å². The molecule has 1 atom stereocenters. The van der Waals surface area contributed by atoms with Gasteiger partial charge >= 0.3 is 0 Å². The molecule has 0 saturated carbocycles. The van der Waals surface area contributed by atoms with Gasteiger partial charge in [0.1, 0.15) is 0 Å². The Morgan fingerprint density at radius 3 is 3.00 bits per heavy atom. The first-order chi connectivity index (χ1) is 9.15. The molecule has 1 unspecified atom stereocenters. The SMILES string of the molecule is Cn1ncc2c1CCCC2Nc1ccc(Cl)cc1Cl. The summed E-state index contributed by atoms with van der Waals surface area (Å²) in [5.74, 6) is 0. The number of nitrogens with one attached hydrogen (secondary N) is 1. The van der Waals surface area contributed by atoms with Crippen LogP contribution in [0.1, 0.15) is 30.1 Å². The highest BCUT2D eigenvalue weighted by Gasteiger charge is 2.23. The third-order valence-corrected chi connectivity index (χ3v) is 4.18. The number of benzene rings is 1. The number of hydrogen-bond donors (Lipinski definition) is 1. The van der Waals surface area contributed by atoms with Crippen molar-refractivity contribution in [3.8, 4) is 0 Å². The van der Waals surface area contributed by atoms with Crippen molar-refractivity contribution in [2.75, 3.05) is 5.32 Å². The Bertz CT molecular complexity index is 607. The van der Waals surface area contributed by atoms with Crippen molar-refractivity contribution in [3.63, 3.8) is 0 Å². The quantitative estimate of drug-likeness (QED) is 0.899. The first-order valence-electron chi connectivity index (χ1n) is 6.37. The fourth-order valence-electron chi connectivity index (χ4n) is 2.65. The maximum absolute atomic E-state index is 6.21. The van der Waals surface area contributed by atoms with E-state index in [1.807, 2.05) is 30.1 Å². The number of aromatic nitrogens is 2. The van der Waals surface area contributed by atoms with E-state index < -0.39 is 0 Å². The van der Waals surface area contributed by atoms with Crippen molar-refractivity contribution < 1.29 is 0 Å². The molecule has 0 bridgehead atoms. The molecule has 0 saturated heterocycles. The molecule has 1 aliphatic carbocycles. The molecule has 19 heavy (non-hydrogen) atoms. The van der Waals surface area contributed by atoms with Crippen LogP contribution in [-0.2, 0) is 13.5 Å². The second-order valence-corrected chi connectivity index (χ2v) is 5.73. The first kappa shape index (κ1) is 12.8. The molecule has 1 aliphatic rings. The van der Waals surface area contributed by atoms with Crippen LogP contribution < -0.4 is 5.32 Å². The minimum Gasteiger partial charge on any atom is -0.377 e. The lowest BCUT2D eigenvalue weighted by atomic mass is 9.93. The third-order valence-electron chi connectivity index (χ3n) is 3.64. The van der Waals surface area contributed by atoms with Crippen LogP contribution in [0.25, 0.3) is 0 Å². The van der Waals surface area contributed by atoms with Gasteiger partial charge in [-0.15, -0.1) is 0 Å². The van der Waals surface area contributed by atoms with E-state index in [1.165, 1.54) is 11.3 Å². The molecule has 0 amide bonds. The topological polar surface area (TPSA) is 29.9 Å². The number of aryl methyl sites for hydroxylation is 1. The molecule has 0 spiro atoms. The highest BCUT2D eigenvalue weighted by atomic mass is 35.5. The lowest BCUT2D eigenvalue weighted by Gasteiger charge is -2.25. The molecule has 1 N–H and O–H groups in total. The summed E-state index contributed by atoms with van der Waals surface area (Å²) in [5, 5.41) is 9.16. The van der Waals surface area contributed by atoms with Crippen LogP contribution in [0, 0.1) is 0 Å². The second kappa shape index (κ2) is 5.06. The predicted molar refractivity (Wildman–Crippen MR) is 79.0 cm³/mol. The number of anilines is 1. The smallest absolute Gasteiger partial charge is 0.0652 e. The van der Waals surface area contributed by atoms with Crippen LogP contribution in [-0.4, -0.2) is 9.78 Å². The molecule has 5 heteroatoms. The average molecular weight is 296 g/mol. The van der Waals surface area contributed by atoms with Gasteiger partial charge in [-0.1, -0.05) is 23.2 Å². The van der Waals surface area contributed by atoms with Crippen molar-refractivity contribution in [2.24, 2.45) is 7.05 Å². The molecule has 0 radical (unpaired) electrons. The zero-order valence-corrected chi connectivity index (χ0v) is 12.2. The molecule has 1 aromatic carbocycles. The molecule has 2 aromatic rings. The molecule has 0 fully saturated rings. The first-order valence-corrected chi connectivity index (χ1v) is 7.13. The van der Waals surface area contributed by atoms with Gasteiger partial charge in [0, 0.05) is 23.3 Å². The van der Waals surface area contributed by atoms with Crippen molar-refractivity contribution in [2.45, 2.75) is 25.3 Å². The Balaban J connectivity index is 1.88. The number of fused-ring (bicyclic) bond motifs is 1. The highest BCUT2D eigenvalue weighted by Crippen LogP contribution is 2.34. The molecular formula is C14H15Cl2N3. The van der Waals surface area contributed by atoms with Crippen molar-refractivity contribution >= 4 is 28.9 Å². The van der Waals surface area contributed by atoms with E-state index in [2.05, 4.69) is 10.4 Å². The Kier molecular flexibility index (Phi) is 3.42. The molecule has 0 aliphatic heterocycles. The van der Waals surface area contributed by atoms with Gasteiger partial charge in [0.25, 0.3) is 0 Å². The van der Waals surface area contributed by atoms with E-state index in [4.69, 9.17) is 23.2 Å². The monoisotopic (exact) mass is 295 g/mol. The third kappa shape index (κ3) is 2.45. The Morgan fingerprint density at radius 1 is 1.37 bits per heavy atom. The number of rotatable bonds is 2. The van der Waals surface area contributed by atoms with Crippen LogP contribution in [0.3, 0.4) is 0 Å². The van der Waals surface area contributed by atoms with Crippen LogP contribution in [0.5, 0.6) is 0 Å². The largest absolute Gasteiger partial charge is 0.377 e. The standard InChI is InChI=1S/C14H15Cl2N3/c1-19-14-4-2-3-12(10(14)8-17-19)18-13-6-5-9(15)7-11(13)16/h5-8,12,18H,2-4H2,1H3. The Morgan fingerprint density at radius 2 is 2.21 bits per heavy atom. The van der Waals surface area contributed by atoms with E-state index >= 15 is 0 Å². The molecule has 100 valence electrons. The van der Waals surface area contributed by atoms with Crippen LogP contribution >= 0.6 is 23.2 Å². The zero-order chi connectivity index (χ0) is 13.4. The molecular weight excluding hydrogens is 281 g/mol. The van der Waals surface area contributed by atoms with E-state index in [1.54, 1.807) is 6.07 Å². The summed E-state index contributed by atoms with van der Waals surface area (Å²) < 4.78 is 1.96. The van der Waals surface area contributed by atoms with E-state index in [9.17, 15) is 0 Å². The number of nitrogens with zero attached hydrogens (tertiary/aromatic N) is 2. The lowest BCUT2D eigenvalue weighted by molar-refractivity contribution is 0.571. The van der Waals surface area contributed by atoms with Gasteiger partial charge in [-0.05, 0) is 37.5 Å². The van der Waals surface area contributed by atoms with Crippen molar-refractivity contribution in [3.05, 3.63) is 45.7 Å². The molecule has 1 heterocycles. The summed E-state index contributed by atoms with van der Waals surface area (Å²) in [5.41, 5.74) is 3.52. The van der Waals surface area contributed by atoms with Crippen LogP contribution in [0.15, 0.2) is 24.4 Å². The van der Waals surface area contributed by atoms with Gasteiger partial charge < -0.3 is 5.32 Å². The van der Waals surface area contributed by atoms with Gasteiger partial charge in [-0.25, -0.2) is 0 Å². The predicted octanol–water partition coefficient (Wildman–Crippen LogP) is 4.22. The summed E-state index contributed by atoms with van der Waals surface area (Å²) in [6, 6.07) is 5.81. The average Bonchev–Trinajstić information content (AvgIpc) is 2.76. The van der Waals surface area contributed by atoms with Gasteiger partial charge in [0.2, 0.25) is 0 Å². The van der Waals surface area contributed by atoms with Crippen molar-refractivity contribution in [1.82, 2.24) is 9.78 Å². The maximum Gasteiger partial charge on any atom is 0.0652 e. The summed E-state index contributed by atoms with van der Waals surface area (Å²) in [6.45, 7) is 0. The van der Waals surface area contributed by atoms with Crippen LogP contribution in [0.2, 0.25) is 10.0 Å². The van der Waals surface area contributed by atoms with E-state index in [0.29, 0.717) is 10.0 Å². The van der Waals surface area contributed by atoms with Gasteiger partial charge in [-0.2, -0.15) is 5.10 Å². The van der Waals surface area contributed by atoms with Gasteiger partial charge in [0.15, 0.2) is 0 Å². The number of hydrogen-bond acceptors (Lipinski definition) is 2. The maximum atomic E-state index is 6.21. The Hall–Kier alpha value is -1.19. The number of halogens is 2. The van der Waals surface area contributed by atoms with E-state index in [0.717, 1.165) is 24.9 Å². The van der Waals surface area contributed by atoms with E-state index in [-0.39, 0.29) is 6.04 Å². The minimum atomic E-state index is 0.274. The van der Waals surface area contributed by atoms with Crippen LogP contribution in [0.4, 0.5) is 5.69 Å².